The molecule has 22 heavy (non-hydrogen) atoms. The first-order chi connectivity index (χ1) is 10.4. The van der Waals surface area contributed by atoms with Crippen LogP contribution in [0.15, 0.2) is 17.3 Å². The fraction of sp³-hybridized carbons (Fsp3) is 0.571. The van der Waals surface area contributed by atoms with Crippen LogP contribution in [0.5, 0.6) is 0 Å². The monoisotopic (exact) mass is 323 g/mol. The molecule has 1 N–H and O–H groups in total. The molecule has 2 aromatic rings. The molecule has 0 saturated carbocycles. The number of aromatic nitrogens is 4. The van der Waals surface area contributed by atoms with E-state index in [1.807, 2.05) is 13.8 Å². The number of sulfonamides is 1. The van der Waals surface area contributed by atoms with E-state index in [-0.39, 0.29) is 5.92 Å². The van der Waals surface area contributed by atoms with Gasteiger partial charge in [-0.05, 0) is 32.8 Å². The molecule has 1 saturated heterocycles. The highest BCUT2D eigenvalue weighted by Gasteiger charge is 2.36. The highest BCUT2D eigenvalue weighted by molar-refractivity contribution is 7.89. The van der Waals surface area contributed by atoms with Gasteiger partial charge in [-0.2, -0.15) is 14.5 Å². The molecular formula is C14H21N5O2S. The molecule has 1 aliphatic heterocycles. The number of rotatable bonds is 4. The van der Waals surface area contributed by atoms with E-state index in [9.17, 15) is 8.42 Å². The van der Waals surface area contributed by atoms with Crippen molar-refractivity contribution in [3.63, 3.8) is 0 Å². The van der Waals surface area contributed by atoms with E-state index in [4.69, 9.17) is 0 Å². The molecule has 0 aliphatic carbocycles. The van der Waals surface area contributed by atoms with Crippen molar-refractivity contribution in [1.29, 1.82) is 0 Å². The average Bonchev–Trinajstić information content (AvgIpc) is 3.17. The SMILES string of the molecule is CCn1ncc(S(=O)(=O)N2CC[C@H](c3[nH]ncc3C)C2)c1C. The maximum atomic E-state index is 12.8. The van der Waals surface area contributed by atoms with E-state index in [2.05, 4.69) is 15.3 Å². The number of H-pyrrole nitrogens is 1. The van der Waals surface area contributed by atoms with Crippen molar-refractivity contribution in [3.8, 4) is 0 Å². The number of aromatic amines is 1. The van der Waals surface area contributed by atoms with Crippen LogP contribution in [0.4, 0.5) is 0 Å². The fourth-order valence-corrected chi connectivity index (χ4v) is 4.75. The Morgan fingerprint density at radius 3 is 2.73 bits per heavy atom. The summed E-state index contributed by atoms with van der Waals surface area (Å²) >= 11 is 0. The maximum Gasteiger partial charge on any atom is 0.246 e. The first-order valence-corrected chi connectivity index (χ1v) is 8.91. The van der Waals surface area contributed by atoms with Gasteiger partial charge in [-0.15, -0.1) is 0 Å². The fourth-order valence-electron chi connectivity index (χ4n) is 3.09. The van der Waals surface area contributed by atoms with Gasteiger partial charge in [0.05, 0.1) is 18.1 Å². The minimum absolute atomic E-state index is 0.179. The third-order valence-electron chi connectivity index (χ3n) is 4.40. The lowest BCUT2D eigenvalue weighted by molar-refractivity contribution is 0.471. The lowest BCUT2D eigenvalue weighted by Gasteiger charge is -2.16. The van der Waals surface area contributed by atoms with Gasteiger partial charge in [0.15, 0.2) is 0 Å². The first-order valence-electron chi connectivity index (χ1n) is 7.47. The zero-order valence-corrected chi connectivity index (χ0v) is 13.9. The normalized spacial score (nSPS) is 19.9. The second-order valence-corrected chi connectivity index (χ2v) is 7.63. The Bertz CT molecular complexity index is 777. The Balaban J connectivity index is 1.85. The second kappa shape index (κ2) is 5.51. The largest absolute Gasteiger partial charge is 0.282 e. The summed E-state index contributed by atoms with van der Waals surface area (Å²) in [5.74, 6) is 0.179. The van der Waals surface area contributed by atoms with Crippen LogP contribution in [0, 0.1) is 13.8 Å². The standard InChI is InChI=1S/C14H21N5O2S/c1-4-19-11(3)13(8-16-19)22(20,21)18-6-5-12(9-18)14-10(2)7-15-17-14/h7-8,12H,4-6,9H2,1-3H3,(H,15,17)/t12-/m0/s1. The topological polar surface area (TPSA) is 83.9 Å². The van der Waals surface area contributed by atoms with Crippen molar-refractivity contribution >= 4 is 10.0 Å². The summed E-state index contributed by atoms with van der Waals surface area (Å²) in [6.07, 6.45) is 4.05. The molecule has 0 spiro atoms. The number of nitrogens with one attached hydrogen (secondary N) is 1. The molecule has 3 heterocycles. The molecule has 0 unspecified atom stereocenters. The quantitative estimate of drug-likeness (QED) is 0.922. The van der Waals surface area contributed by atoms with Crippen LogP contribution >= 0.6 is 0 Å². The summed E-state index contributed by atoms with van der Waals surface area (Å²) in [6, 6.07) is 0. The van der Waals surface area contributed by atoms with Gasteiger partial charge in [0.2, 0.25) is 10.0 Å². The zero-order chi connectivity index (χ0) is 15.9. The van der Waals surface area contributed by atoms with Crippen LogP contribution in [0.25, 0.3) is 0 Å². The maximum absolute atomic E-state index is 12.8. The van der Waals surface area contributed by atoms with Gasteiger partial charge in [0.1, 0.15) is 4.90 Å². The van der Waals surface area contributed by atoms with Gasteiger partial charge in [0, 0.05) is 31.2 Å². The van der Waals surface area contributed by atoms with Gasteiger partial charge in [0.25, 0.3) is 0 Å². The molecule has 7 nitrogen and oxygen atoms in total. The Kier molecular flexibility index (Phi) is 3.82. The molecule has 1 aliphatic rings. The molecule has 2 aromatic heterocycles. The summed E-state index contributed by atoms with van der Waals surface area (Å²) < 4.78 is 28.9. The molecule has 0 amide bonds. The highest BCUT2D eigenvalue weighted by atomic mass is 32.2. The molecule has 0 bridgehead atoms. The van der Waals surface area contributed by atoms with Gasteiger partial charge < -0.3 is 0 Å². The van der Waals surface area contributed by atoms with Gasteiger partial charge >= 0.3 is 0 Å². The third kappa shape index (κ3) is 2.36. The summed E-state index contributed by atoms with van der Waals surface area (Å²) in [5.41, 5.74) is 2.82. The van der Waals surface area contributed by atoms with E-state index in [1.165, 1.54) is 6.20 Å². The van der Waals surface area contributed by atoms with Crippen LogP contribution in [0.3, 0.4) is 0 Å². The molecular weight excluding hydrogens is 302 g/mol. The number of hydrogen-bond donors (Lipinski definition) is 1. The number of nitrogens with zero attached hydrogens (tertiary/aromatic N) is 4. The Morgan fingerprint density at radius 1 is 1.36 bits per heavy atom. The first kappa shape index (κ1) is 15.2. The van der Waals surface area contributed by atoms with Crippen molar-refractivity contribution in [2.75, 3.05) is 13.1 Å². The number of aryl methyl sites for hydroxylation is 2. The molecule has 8 heteroatoms. The van der Waals surface area contributed by atoms with Crippen LogP contribution in [-0.4, -0.2) is 45.8 Å². The Labute approximate surface area is 130 Å². The predicted molar refractivity (Wildman–Crippen MR) is 82.1 cm³/mol. The van der Waals surface area contributed by atoms with Gasteiger partial charge in [-0.1, -0.05) is 0 Å². The van der Waals surface area contributed by atoms with Gasteiger partial charge in [-0.3, -0.25) is 9.78 Å². The van der Waals surface area contributed by atoms with Crippen molar-refractivity contribution < 1.29 is 8.42 Å². The van der Waals surface area contributed by atoms with E-state index in [0.29, 0.717) is 30.2 Å². The van der Waals surface area contributed by atoms with Crippen LogP contribution < -0.4 is 0 Å². The Morgan fingerprint density at radius 2 is 2.14 bits per heavy atom. The van der Waals surface area contributed by atoms with E-state index < -0.39 is 10.0 Å². The van der Waals surface area contributed by atoms with Crippen molar-refractivity contribution in [2.24, 2.45) is 0 Å². The van der Waals surface area contributed by atoms with Crippen molar-refractivity contribution in [2.45, 2.75) is 44.6 Å². The summed E-state index contributed by atoms with van der Waals surface area (Å²) in [4.78, 5) is 0.316. The van der Waals surface area contributed by atoms with Crippen LogP contribution in [0.2, 0.25) is 0 Å². The smallest absolute Gasteiger partial charge is 0.246 e. The van der Waals surface area contributed by atoms with Gasteiger partial charge in [-0.25, -0.2) is 8.42 Å². The highest BCUT2D eigenvalue weighted by Crippen LogP contribution is 2.32. The molecule has 1 atom stereocenters. The van der Waals surface area contributed by atoms with E-state index in [1.54, 1.807) is 22.1 Å². The summed E-state index contributed by atoms with van der Waals surface area (Å²) in [5, 5.41) is 11.2. The molecule has 1 fully saturated rings. The summed E-state index contributed by atoms with van der Waals surface area (Å²) in [6.45, 7) is 7.42. The second-order valence-electron chi connectivity index (χ2n) is 5.73. The van der Waals surface area contributed by atoms with Crippen molar-refractivity contribution in [1.82, 2.24) is 24.3 Å². The predicted octanol–water partition coefficient (Wildman–Crippen LogP) is 1.42. The van der Waals surface area contributed by atoms with Crippen LogP contribution in [0.1, 0.15) is 36.2 Å². The lowest BCUT2D eigenvalue weighted by Crippen LogP contribution is -2.29. The minimum atomic E-state index is -3.48. The molecule has 120 valence electrons. The van der Waals surface area contributed by atoms with E-state index >= 15 is 0 Å². The molecule has 3 rings (SSSR count). The number of hydrogen-bond acceptors (Lipinski definition) is 4. The van der Waals surface area contributed by atoms with Crippen molar-refractivity contribution in [3.05, 3.63) is 29.3 Å². The zero-order valence-electron chi connectivity index (χ0n) is 13.1. The average molecular weight is 323 g/mol. The lowest BCUT2D eigenvalue weighted by atomic mass is 10.0. The molecule has 0 radical (unpaired) electrons. The minimum Gasteiger partial charge on any atom is -0.282 e. The molecule has 0 aromatic carbocycles. The summed E-state index contributed by atoms with van der Waals surface area (Å²) in [7, 11) is -3.48. The Hall–Kier alpha value is -1.67. The van der Waals surface area contributed by atoms with E-state index in [0.717, 1.165) is 17.7 Å². The van der Waals surface area contributed by atoms with Crippen LogP contribution in [-0.2, 0) is 16.6 Å². The third-order valence-corrected chi connectivity index (χ3v) is 6.37.